The minimum absolute atomic E-state index is 0.211. The van der Waals surface area contributed by atoms with Gasteiger partial charge in [-0.25, -0.2) is 4.79 Å². The van der Waals surface area contributed by atoms with Gasteiger partial charge >= 0.3 is 6.09 Å². The smallest absolute Gasteiger partial charge is 0.408 e. The van der Waals surface area contributed by atoms with Crippen molar-refractivity contribution < 1.29 is 9.53 Å². The number of amides is 1. The van der Waals surface area contributed by atoms with E-state index >= 15 is 0 Å². The average Bonchev–Trinajstić information content (AvgIpc) is 2.77. The number of ether oxygens (including phenoxy) is 1. The fourth-order valence-corrected chi connectivity index (χ4v) is 4.14. The second-order valence-corrected chi connectivity index (χ2v) is 9.28. The summed E-state index contributed by atoms with van der Waals surface area (Å²) in [4.78, 5) is 12.8. The predicted octanol–water partition coefficient (Wildman–Crippen LogP) is 5.59. The van der Waals surface area contributed by atoms with Crippen LogP contribution in [-0.2, 0) is 10.2 Å². The minimum Gasteiger partial charge on any atom is -0.444 e. The summed E-state index contributed by atoms with van der Waals surface area (Å²) in [7, 11) is 0. The van der Waals surface area contributed by atoms with E-state index in [1.807, 2.05) is 75.4 Å². The first-order valence-electron chi connectivity index (χ1n) is 10.7. The number of alkyl carbamates (subject to hydrolysis) is 1. The van der Waals surface area contributed by atoms with Gasteiger partial charge in [0, 0.05) is 5.41 Å². The lowest BCUT2D eigenvalue weighted by Gasteiger charge is -2.39. The largest absolute Gasteiger partial charge is 0.444 e. The van der Waals surface area contributed by atoms with Gasteiger partial charge in [0.1, 0.15) is 5.60 Å². The zero-order valence-corrected chi connectivity index (χ0v) is 19.6. The van der Waals surface area contributed by atoms with E-state index in [-0.39, 0.29) is 4.99 Å². The van der Waals surface area contributed by atoms with Crippen molar-refractivity contribution in [3.05, 3.63) is 108 Å². The number of hydrogen-bond acceptors (Lipinski definition) is 3. The Morgan fingerprint density at radius 3 is 1.53 bits per heavy atom. The van der Waals surface area contributed by atoms with Crippen molar-refractivity contribution in [2.45, 2.75) is 44.2 Å². The van der Waals surface area contributed by atoms with Gasteiger partial charge in [0.25, 0.3) is 0 Å². The monoisotopic (exact) mass is 446 g/mol. The summed E-state index contributed by atoms with van der Waals surface area (Å²) in [5, 5.41) is 2.91. The van der Waals surface area contributed by atoms with E-state index in [2.05, 4.69) is 41.7 Å². The topological polar surface area (TPSA) is 64.3 Å². The molecule has 0 saturated carbocycles. The van der Waals surface area contributed by atoms with Crippen LogP contribution >= 0.6 is 12.2 Å². The van der Waals surface area contributed by atoms with E-state index < -0.39 is 23.2 Å². The molecule has 4 nitrogen and oxygen atoms in total. The molecule has 1 amide bonds. The van der Waals surface area contributed by atoms with E-state index in [0.29, 0.717) is 6.42 Å². The molecule has 3 aromatic carbocycles. The van der Waals surface area contributed by atoms with Crippen LogP contribution in [-0.4, -0.2) is 22.7 Å². The summed E-state index contributed by atoms with van der Waals surface area (Å²) in [6, 6.07) is 30.1. The third-order valence-electron chi connectivity index (χ3n) is 5.34. The Balaban J connectivity index is 2.15. The summed E-state index contributed by atoms with van der Waals surface area (Å²) in [6.07, 6.45) is -0.0991. The van der Waals surface area contributed by atoms with Crippen LogP contribution in [0.5, 0.6) is 0 Å². The van der Waals surface area contributed by atoms with Crippen LogP contribution in [0.1, 0.15) is 43.9 Å². The molecule has 0 heterocycles. The van der Waals surface area contributed by atoms with Crippen molar-refractivity contribution in [2.75, 3.05) is 0 Å². The number of carbonyl (C=O) groups excluding carboxylic acids is 1. The molecule has 166 valence electrons. The molecule has 1 atom stereocenters. The lowest BCUT2D eigenvalue weighted by Crippen LogP contribution is -2.49. The third-order valence-corrected chi connectivity index (χ3v) is 5.63. The summed E-state index contributed by atoms with van der Waals surface area (Å²) in [6.45, 7) is 5.47. The Morgan fingerprint density at radius 1 is 0.844 bits per heavy atom. The Morgan fingerprint density at radius 2 is 1.22 bits per heavy atom. The standard InChI is InChI=1S/C27H30N2O2S/c1-26(2,3)31-25(30)29-23(24(28)32)19-27(20-13-7-4-8-14-20,21-15-9-5-10-16-21)22-17-11-6-12-18-22/h4-18,23H,19H2,1-3H3,(H2,28,32)(H,29,30)/t23-/m1/s1. The minimum atomic E-state index is -0.625. The first-order chi connectivity index (χ1) is 15.2. The van der Waals surface area contributed by atoms with Crippen LogP contribution in [0.25, 0.3) is 0 Å². The second kappa shape index (κ2) is 9.96. The first-order valence-corrected chi connectivity index (χ1v) is 11.1. The highest BCUT2D eigenvalue weighted by molar-refractivity contribution is 7.80. The van der Waals surface area contributed by atoms with Gasteiger partial charge < -0.3 is 15.8 Å². The summed E-state index contributed by atoms with van der Waals surface area (Å²) < 4.78 is 5.48. The molecule has 0 bridgehead atoms. The SMILES string of the molecule is CC(C)(C)OC(=O)N[C@H](CC(c1ccccc1)(c1ccccc1)c1ccccc1)C(N)=S. The summed E-state index contributed by atoms with van der Waals surface area (Å²) in [5.74, 6) is 0. The van der Waals surface area contributed by atoms with Gasteiger partial charge in [0.2, 0.25) is 0 Å². The fourth-order valence-electron chi connectivity index (χ4n) is 4.00. The van der Waals surface area contributed by atoms with Gasteiger partial charge in [-0.05, 0) is 43.9 Å². The number of nitrogens with one attached hydrogen (secondary N) is 1. The fraction of sp³-hybridized carbons (Fsp3) is 0.259. The van der Waals surface area contributed by atoms with Crippen molar-refractivity contribution in [3.63, 3.8) is 0 Å². The molecule has 0 aromatic heterocycles. The maximum atomic E-state index is 12.6. The molecule has 0 aliphatic rings. The molecule has 3 N–H and O–H groups in total. The third kappa shape index (κ3) is 5.54. The number of benzene rings is 3. The second-order valence-electron chi connectivity index (χ2n) is 8.81. The first kappa shape index (κ1) is 23.5. The van der Waals surface area contributed by atoms with E-state index in [1.165, 1.54) is 0 Å². The molecule has 5 heteroatoms. The molecule has 0 aliphatic carbocycles. The van der Waals surface area contributed by atoms with Crippen molar-refractivity contribution in [2.24, 2.45) is 5.73 Å². The maximum absolute atomic E-state index is 12.6. The molecule has 0 saturated heterocycles. The predicted molar refractivity (Wildman–Crippen MR) is 134 cm³/mol. The van der Waals surface area contributed by atoms with Crippen LogP contribution in [0.4, 0.5) is 4.79 Å². The van der Waals surface area contributed by atoms with Crippen molar-refractivity contribution >= 4 is 23.3 Å². The van der Waals surface area contributed by atoms with Crippen molar-refractivity contribution in [3.8, 4) is 0 Å². The zero-order valence-electron chi connectivity index (χ0n) is 18.7. The normalized spacial score (nSPS) is 12.6. The highest BCUT2D eigenvalue weighted by Gasteiger charge is 2.40. The van der Waals surface area contributed by atoms with Gasteiger partial charge in [-0.3, -0.25) is 0 Å². The Labute approximate surface area is 195 Å². The molecule has 0 fully saturated rings. The van der Waals surface area contributed by atoms with Crippen molar-refractivity contribution in [1.29, 1.82) is 0 Å². The molecule has 0 unspecified atom stereocenters. The molecule has 0 aliphatic heterocycles. The summed E-state index contributed by atoms with van der Waals surface area (Å²) >= 11 is 5.40. The Kier molecular flexibility index (Phi) is 7.31. The van der Waals surface area contributed by atoms with Crippen LogP contribution in [0.15, 0.2) is 91.0 Å². The molecule has 0 spiro atoms. The Hall–Kier alpha value is -3.18. The average molecular weight is 447 g/mol. The number of carbonyl (C=O) groups is 1. The lowest BCUT2D eigenvalue weighted by molar-refractivity contribution is 0.0514. The molecule has 32 heavy (non-hydrogen) atoms. The molecule has 0 radical (unpaired) electrons. The number of rotatable bonds is 7. The van der Waals surface area contributed by atoms with E-state index in [9.17, 15) is 4.79 Å². The van der Waals surface area contributed by atoms with Gasteiger partial charge in [0.05, 0.1) is 11.0 Å². The lowest BCUT2D eigenvalue weighted by atomic mass is 9.66. The van der Waals surface area contributed by atoms with E-state index in [0.717, 1.165) is 16.7 Å². The van der Waals surface area contributed by atoms with Gasteiger partial charge in [-0.2, -0.15) is 0 Å². The quantitative estimate of drug-likeness (QED) is 0.367. The van der Waals surface area contributed by atoms with Crippen LogP contribution in [0.3, 0.4) is 0 Å². The molecular weight excluding hydrogens is 416 g/mol. The molecular formula is C27H30N2O2S. The van der Waals surface area contributed by atoms with E-state index in [4.69, 9.17) is 22.7 Å². The number of hydrogen-bond donors (Lipinski definition) is 2. The van der Waals surface area contributed by atoms with E-state index in [1.54, 1.807) is 0 Å². The van der Waals surface area contributed by atoms with Crippen LogP contribution < -0.4 is 11.1 Å². The molecule has 3 aromatic rings. The van der Waals surface area contributed by atoms with Crippen molar-refractivity contribution in [1.82, 2.24) is 5.32 Å². The van der Waals surface area contributed by atoms with Gasteiger partial charge in [-0.1, -0.05) is 103 Å². The Bertz CT molecular complexity index is 935. The van der Waals surface area contributed by atoms with Gasteiger partial charge in [-0.15, -0.1) is 0 Å². The molecule has 3 rings (SSSR count). The zero-order chi connectivity index (χ0) is 23.2. The van der Waals surface area contributed by atoms with Crippen LogP contribution in [0.2, 0.25) is 0 Å². The summed E-state index contributed by atoms with van der Waals surface area (Å²) in [5.41, 5.74) is 8.20. The highest BCUT2D eigenvalue weighted by atomic mass is 32.1. The van der Waals surface area contributed by atoms with Gasteiger partial charge in [0.15, 0.2) is 0 Å². The highest BCUT2D eigenvalue weighted by Crippen LogP contribution is 2.43. The number of thiocarbonyl (C=S) groups is 1. The number of nitrogens with two attached hydrogens (primary N) is 1. The van der Waals surface area contributed by atoms with Crippen LogP contribution in [0, 0.1) is 0 Å². The maximum Gasteiger partial charge on any atom is 0.408 e.